The zero-order valence-electron chi connectivity index (χ0n) is 7.63. The molecular formula is C10H11IN2. The van der Waals surface area contributed by atoms with Gasteiger partial charge in [0.1, 0.15) is 3.70 Å². The van der Waals surface area contributed by atoms with E-state index < -0.39 is 0 Å². The number of nitrogens with zero attached hydrogens (tertiary/aromatic N) is 1. The first kappa shape index (κ1) is 8.99. The second kappa shape index (κ2) is 3.29. The van der Waals surface area contributed by atoms with Crippen LogP contribution in [0.4, 0.5) is 0 Å². The lowest BCUT2D eigenvalue weighted by Gasteiger charge is -1.97. The summed E-state index contributed by atoms with van der Waals surface area (Å²) in [5, 5.41) is 1.20. The lowest BCUT2D eigenvalue weighted by Crippen LogP contribution is -1.84. The zero-order chi connectivity index (χ0) is 9.42. The summed E-state index contributed by atoms with van der Waals surface area (Å²) in [7, 11) is 0. The first-order valence-electron chi connectivity index (χ1n) is 4.31. The van der Waals surface area contributed by atoms with Crippen LogP contribution >= 0.6 is 22.6 Å². The molecule has 0 amide bonds. The molecule has 1 N–H and O–H groups in total. The Labute approximate surface area is 90.9 Å². The van der Waals surface area contributed by atoms with Gasteiger partial charge in [0.25, 0.3) is 0 Å². The Bertz CT molecular complexity index is 431. The second-order valence-corrected chi connectivity index (χ2v) is 4.58. The summed E-state index contributed by atoms with van der Waals surface area (Å²) in [5.41, 5.74) is 2.46. The van der Waals surface area contributed by atoms with Crippen LogP contribution in [0.5, 0.6) is 0 Å². The van der Waals surface area contributed by atoms with E-state index in [4.69, 9.17) is 0 Å². The minimum atomic E-state index is 0.546. The van der Waals surface area contributed by atoms with Crippen LogP contribution < -0.4 is 0 Å². The predicted octanol–water partition coefficient (Wildman–Crippen LogP) is 3.29. The Morgan fingerprint density at radius 1 is 1.38 bits per heavy atom. The molecule has 2 aromatic rings. The largest absolute Gasteiger partial charge is 0.358 e. The van der Waals surface area contributed by atoms with Gasteiger partial charge in [-0.05, 0) is 40.6 Å². The molecule has 0 saturated heterocycles. The molecule has 3 heteroatoms. The summed E-state index contributed by atoms with van der Waals surface area (Å²) in [6.07, 6.45) is 1.92. The molecule has 0 aliphatic heterocycles. The highest BCUT2D eigenvalue weighted by molar-refractivity contribution is 14.1. The number of hydrogen-bond donors (Lipinski definition) is 1. The molecule has 0 bridgehead atoms. The third-order valence-corrected chi connectivity index (χ3v) is 2.70. The van der Waals surface area contributed by atoms with E-state index in [1.165, 1.54) is 16.6 Å². The number of pyridine rings is 1. The third-order valence-electron chi connectivity index (χ3n) is 2.11. The normalized spacial score (nSPS) is 11.4. The number of rotatable bonds is 1. The summed E-state index contributed by atoms with van der Waals surface area (Å²) in [6.45, 7) is 4.37. The van der Waals surface area contributed by atoms with Gasteiger partial charge < -0.3 is 4.98 Å². The Balaban J connectivity index is 2.62. The van der Waals surface area contributed by atoms with Crippen molar-refractivity contribution in [1.29, 1.82) is 0 Å². The Kier molecular flexibility index (Phi) is 2.27. The van der Waals surface area contributed by atoms with E-state index in [9.17, 15) is 0 Å². The van der Waals surface area contributed by atoms with Crippen molar-refractivity contribution in [2.75, 3.05) is 0 Å². The topological polar surface area (TPSA) is 28.7 Å². The van der Waals surface area contributed by atoms with Gasteiger partial charge in [0, 0.05) is 22.8 Å². The van der Waals surface area contributed by atoms with E-state index >= 15 is 0 Å². The number of nitrogens with one attached hydrogen (secondary N) is 1. The van der Waals surface area contributed by atoms with Gasteiger partial charge in [-0.3, -0.25) is 0 Å². The second-order valence-electron chi connectivity index (χ2n) is 3.47. The molecule has 2 rings (SSSR count). The maximum absolute atomic E-state index is 4.25. The van der Waals surface area contributed by atoms with Gasteiger partial charge in [0.15, 0.2) is 0 Å². The monoisotopic (exact) mass is 286 g/mol. The summed E-state index contributed by atoms with van der Waals surface area (Å²) in [6, 6.07) is 4.24. The summed E-state index contributed by atoms with van der Waals surface area (Å²) in [4.78, 5) is 7.64. The minimum absolute atomic E-state index is 0.546. The van der Waals surface area contributed by atoms with Crippen LogP contribution in [0.15, 0.2) is 18.3 Å². The minimum Gasteiger partial charge on any atom is -0.358 e. The molecule has 13 heavy (non-hydrogen) atoms. The highest BCUT2D eigenvalue weighted by Gasteiger charge is 2.04. The maximum Gasteiger partial charge on any atom is 0.103 e. The average molecular weight is 286 g/mol. The summed E-state index contributed by atoms with van der Waals surface area (Å²) in [5.74, 6) is 0.546. The van der Waals surface area contributed by atoms with Crippen molar-refractivity contribution in [2.24, 2.45) is 0 Å². The molecule has 0 radical (unpaired) electrons. The predicted molar refractivity (Wildman–Crippen MR) is 62.9 cm³/mol. The van der Waals surface area contributed by atoms with Crippen LogP contribution in [0.3, 0.4) is 0 Å². The van der Waals surface area contributed by atoms with Crippen molar-refractivity contribution in [3.8, 4) is 0 Å². The van der Waals surface area contributed by atoms with Crippen molar-refractivity contribution >= 4 is 33.5 Å². The number of aromatic nitrogens is 2. The van der Waals surface area contributed by atoms with Crippen LogP contribution in [-0.4, -0.2) is 9.97 Å². The lowest BCUT2D eigenvalue weighted by atomic mass is 10.1. The number of hydrogen-bond acceptors (Lipinski definition) is 1. The lowest BCUT2D eigenvalue weighted by molar-refractivity contribution is 0.836. The molecule has 0 saturated carbocycles. The quantitative estimate of drug-likeness (QED) is 0.632. The molecule has 2 nitrogen and oxygen atoms in total. The molecule has 0 atom stereocenters. The van der Waals surface area contributed by atoms with E-state index in [2.05, 4.69) is 58.5 Å². The summed E-state index contributed by atoms with van der Waals surface area (Å²) >= 11 is 2.22. The number of fused-ring (bicyclic) bond motifs is 1. The van der Waals surface area contributed by atoms with Crippen LogP contribution in [0, 0.1) is 3.70 Å². The number of H-pyrrole nitrogens is 1. The molecule has 0 aliphatic rings. The van der Waals surface area contributed by atoms with Gasteiger partial charge in [0.2, 0.25) is 0 Å². The van der Waals surface area contributed by atoms with Crippen LogP contribution in [0.1, 0.15) is 25.5 Å². The molecule has 2 heterocycles. The van der Waals surface area contributed by atoms with Crippen LogP contribution in [0.25, 0.3) is 10.9 Å². The van der Waals surface area contributed by atoms with E-state index in [0.717, 1.165) is 3.70 Å². The molecule has 0 spiro atoms. The maximum atomic E-state index is 4.25. The third kappa shape index (κ3) is 1.70. The van der Waals surface area contributed by atoms with Crippen molar-refractivity contribution in [3.63, 3.8) is 0 Å². The Hall–Kier alpha value is -0.580. The molecular weight excluding hydrogens is 275 g/mol. The zero-order valence-corrected chi connectivity index (χ0v) is 9.79. The van der Waals surface area contributed by atoms with Gasteiger partial charge in [-0.1, -0.05) is 13.8 Å². The van der Waals surface area contributed by atoms with Gasteiger partial charge in [-0.25, -0.2) is 4.98 Å². The van der Waals surface area contributed by atoms with Gasteiger partial charge in [-0.15, -0.1) is 0 Å². The summed E-state index contributed by atoms with van der Waals surface area (Å²) < 4.78 is 1.03. The standard InChI is InChI=1S/C10H11IN2/c1-6(2)8-3-7-5-12-10(11)4-9(7)13-8/h3-6,13H,1-2H3. The van der Waals surface area contributed by atoms with Crippen molar-refractivity contribution in [2.45, 2.75) is 19.8 Å². The van der Waals surface area contributed by atoms with Gasteiger partial charge >= 0.3 is 0 Å². The average Bonchev–Trinajstić information content (AvgIpc) is 2.46. The number of aromatic amines is 1. The Morgan fingerprint density at radius 3 is 2.85 bits per heavy atom. The highest BCUT2D eigenvalue weighted by atomic mass is 127. The van der Waals surface area contributed by atoms with Gasteiger partial charge in [0.05, 0.1) is 0 Å². The fraction of sp³-hybridized carbons (Fsp3) is 0.300. The smallest absolute Gasteiger partial charge is 0.103 e. The fourth-order valence-electron chi connectivity index (χ4n) is 1.33. The highest BCUT2D eigenvalue weighted by Crippen LogP contribution is 2.20. The SMILES string of the molecule is CC(C)c1cc2cnc(I)cc2[nH]1. The van der Waals surface area contributed by atoms with Gasteiger partial charge in [-0.2, -0.15) is 0 Å². The first-order valence-corrected chi connectivity index (χ1v) is 5.39. The fourth-order valence-corrected chi connectivity index (χ4v) is 1.78. The van der Waals surface area contributed by atoms with E-state index in [-0.39, 0.29) is 0 Å². The van der Waals surface area contributed by atoms with E-state index in [1.54, 1.807) is 0 Å². The first-order chi connectivity index (χ1) is 6.16. The van der Waals surface area contributed by atoms with E-state index in [0.29, 0.717) is 5.92 Å². The Morgan fingerprint density at radius 2 is 2.15 bits per heavy atom. The molecule has 0 aromatic carbocycles. The van der Waals surface area contributed by atoms with Crippen LogP contribution in [0.2, 0.25) is 0 Å². The van der Waals surface area contributed by atoms with Crippen molar-refractivity contribution in [1.82, 2.24) is 9.97 Å². The van der Waals surface area contributed by atoms with Crippen molar-refractivity contribution < 1.29 is 0 Å². The molecule has 0 unspecified atom stereocenters. The molecule has 0 aliphatic carbocycles. The number of halogens is 1. The van der Waals surface area contributed by atoms with Crippen molar-refractivity contribution in [3.05, 3.63) is 27.7 Å². The molecule has 0 fully saturated rings. The van der Waals surface area contributed by atoms with Crippen LogP contribution in [-0.2, 0) is 0 Å². The molecule has 2 aromatic heterocycles. The molecule has 68 valence electrons. The van der Waals surface area contributed by atoms with E-state index in [1.807, 2.05) is 6.20 Å².